The summed E-state index contributed by atoms with van der Waals surface area (Å²) >= 11 is 2.46. The highest BCUT2D eigenvalue weighted by atomic mass is 127. The number of halogens is 1. The molecule has 0 spiro atoms. The molecule has 72 valence electrons. The van der Waals surface area contributed by atoms with Crippen LogP contribution in [0.3, 0.4) is 0 Å². The molecule has 0 aromatic heterocycles. The van der Waals surface area contributed by atoms with Gasteiger partial charge in [-0.15, -0.1) is 0 Å². The molecule has 0 nitrogen and oxygen atoms in total. The van der Waals surface area contributed by atoms with Crippen LogP contribution in [0, 0.1) is 0 Å². The maximum Gasteiger partial charge on any atom is -0.000473 e. The lowest BCUT2D eigenvalue weighted by Gasteiger charge is -1.98. The molecule has 0 heterocycles. The van der Waals surface area contributed by atoms with Crippen molar-refractivity contribution in [2.45, 2.75) is 51.9 Å². The Morgan fingerprint density at radius 3 is 2.08 bits per heavy atom. The van der Waals surface area contributed by atoms with Gasteiger partial charge in [0, 0.05) is 0 Å². The Morgan fingerprint density at radius 1 is 0.917 bits per heavy atom. The van der Waals surface area contributed by atoms with Gasteiger partial charge < -0.3 is 0 Å². The first-order chi connectivity index (χ1) is 5.91. The minimum Gasteiger partial charge on any atom is -0.0917 e. The van der Waals surface area contributed by atoms with Crippen molar-refractivity contribution in [3.8, 4) is 0 Å². The van der Waals surface area contributed by atoms with Gasteiger partial charge in [0.1, 0.15) is 0 Å². The highest BCUT2D eigenvalue weighted by Crippen LogP contribution is 2.08. The van der Waals surface area contributed by atoms with Gasteiger partial charge in [-0.05, 0) is 30.6 Å². The number of hydrogen-bond acceptors (Lipinski definition) is 0. The van der Waals surface area contributed by atoms with Gasteiger partial charge in [-0.25, -0.2) is 0 Å². The second-order valence-electron chi connectivity index (χ2n) is 3.17. The molecule has 0 radical (unpaired) electrons. The number of alkyl halides is 1. The van der Waals surface area contributed by atoms with Crippen LogP contribution in [0.25, 0.3) is 0 Å². The molecule has 0 aromatic carbocycles. The van der Waals surface area contributed by atoms with E-state index in [4.69, 9.17) is 0 Å². The Bertz CT molecular complexity index is 97.2. The first-order valence-electron chi connectivity index (χ1n) is 5.09. The molecule has 0 aromatic rings. The number of unbranched alkanes of at least 4 members (excludes halogenated alkanes) is 6. The first kappa shape index (κ1) is 12.5. The van der Waals surface area contributed by atoms with Crippen LogP contribution in [-0.2, 0) is 0 Å². The lowest BCUT2D eigenvalue weighted by molar-refractivity contribution is 0.614. The van der Waals surface area contributed by atoms with Crippen LogP contribution in [0.1, 0.15) is 51.9 Å². The highest BCUT2D eigenvalue weighted by Gasteiger charge is 1.88. The van der Waals surface area contributed by atoms with Gasteiger partial charge in [0.25, 0.3) is 0 Å². The number of rotatable bonds is 8. The summed E-state index contributed by atoms with van der Waals surface area (Å²) in [6, 6.07) is 0. The molecule has 1 heteroatoms. The molecular formula is C11H21I. The van der Waals surface area contributed by atoms with Crippen molar-refractivity contribution in [2.75, 3.05) is 4.43 Å². The van der Waals surface area contributed by atoms with E-state index >= 15 is 0 Å². The molecular weight excluding hydrogens is 259 g/mol. The van der Waals surface area contributed by atoms with Gasteiger partial charge in [-0.3, -0.25) is 0 Å². The third-order valence-corrected chi connectivity index (χ3v) is 2.75. The monoisotopic (exact) mass is 280 g/mol. The van der Waals surface area contributed by atoms with E-state index in [-0.39, 0.29) is 0 Å². The maximum absolute atomic E-state index is 2.46. The second-order valence-corrected chi connectivity index (χ2v) is 4.25. The fraction of sp³-hybridized carbons (Fsp3) is 0.818. The molecule has 0 bridgehead atoms. The minimum absolute atomic E-state index is 1.28. The van der Waals surface area contributed by atoms with E-state index in [0.29, 0.717) is 0 Å². The van der Waals surface area contributed by atoms with E-state index in [9.17, 15) is 0 Å². The quantitative estimate of drug-likeness (QED) is 0.261. The van der Waals surface area contributed by atoms with Crippen molar-refractivity contribution in [3.63, 3.8) is 0 Å². The third-order valence-electron chi connectivity index (χ3n) is 1.99. The fourth-order valence-electron chi connectivity index (χ4n) is 1.23. The largest absolute Gasteiger partial charge is 0.0917 e. The van der Waals surface area contributed by atoms with Gasteiger partial charge in [-0.1, -0.05) is 60.4 Å². The molecule has 0 unspecified atom stereocenters. The molecule has 0 rings (SSSR count). The summed E-state index contributed by atoms with van der Waals surface area (Å²) in [5.74, 6) is 0. The predicted molar refractivity (Wildman–Crippen MR) is 66.0 cm³/mol. The lowest BCUT2D eigenvalue weighted by Crippen LogP contribution is -1.79. The lowest BCUT2D eigenvalue weighted by atomic mass is 10.1. The SMILES string of the molecule is C/C=C/CCCCCCCCI. The molecule has 0 saturated carbocycles. The van der Waals surface area contributed by atoms with Gasteiger partial charge in [0.05, 0.1) is 0 Å². The van der Waals surface area contributed by atoms with Crippen molar-refractivity contribution >= 4 is 22.6 Å². The fourth-order valence-corrected chi connectivity index (χ4v) is 1.77. The molecule has 12 heavy (non-hydrogen) atoms. The predicted octanol–water partition coefficient (Wildman–Crippen LogP) is 4.73. The van der Waals surface area contributed by atoms with E-state index in [2.05, 4.69) is 41.7 Å². The standard InChI is InChI=1S/C11H21I/c1-2-3-4-5-6-7-8-9-10-11-12/h2-3H,4-11H2,1H3/b3-2+. The van der Waals surface area contributed by atoms with E-state index < -0.39 is 0 Å². The molecule has 0 aliphatic rings. The summed E-state index contributed by atoms with van der Waals surface area (Å²) < 4.78 is 1.33. The van der Waals surface area contributed by atoms with E-state index in [1.807, 2.05) is 0 Å². The molecule has 0 aliphatic carbocycles. The van der Waals surface area contributed by atoms with Gasteiger partial charge in [0.15, 0.2) is 0 Å². The summed E-state index contributed by atoms with van der Waals surface area (Å²) in [6.07, 6.45) is 14.2. The summed E-state index contributed by atoms with van der Waals surface area (Å²) in [4.78, 5) is 0. The van der Waals surface area contributed by atoms with Crippen LogP contribution in [0.2, 0.25) is 0 Å². The average Bonchev–Trinajstić information content (AvgIpc) is 2.10. The number of hydrogen-bond donors (Lipinski definition) is 0. The van der Waals surface area contributed by atoms with Gasteiger partial charge in [-0.2, -0.15) is 0 Å². The summed E-state index contributed by atoms with van der Waals surface area (Å²) in [5.41, 5.74) is 0. The van der Waals surface area contributed by atoms with Crippen molar-refractivity contribution in [2.24, 2.45) is 0 Å². The van der Waals surface area contributed by atoms with Crippen molar-refractivity contribution in [1.82, 2.24) is 0 Å². The first-order valence-corrected chi connectivity index (χ1v) is 6.61. The molecule has 0 atom stereocenters. The summed E-state index contributed by atoms with van der Waals surface area (Å²) in [7, 11) is 0. The summed E-state index contributed by atoms with van der Waals surface area (Å²) in [6.45, 7) is 2.10. The van der Waals surface area contributed by atoms with Crippen LogP contribution in [0.4, 0.5) is 0 Å². The van der Waals surface area contributed by atoms with Gasteiger partial charge in [0.2, 0.25) is 0 Å². The number of allylic oxidation sites excluding steroid dienone is 2. The smallest absolute Gasteiger partial charge is 0.000473 e. The molecule has 0 saturated heterocycles. The zero-order valence-electron chi connectivity index (χ0n) is 8.19. The summed E-state index contributed by atoms with van der Waals surface area (Å²) in [5, 5.41) is 0. The Balaban J connectivity index is 2.81. The molecule has 0 amide bonds. The van der Waals surface area contributed by atoms with Crippen LogP contribution < -0.4 is 0 Å². The Kier molecular flexibility index (Phi) is 11.9. The Hall–Kier alpha value is 0.470. The van der Waals surface area contributed by atoms with Crippen molar-refractivity contribution in [1.29, 1.82) is 0 Å². The van der Waals surface area contributed by atoms with E-state index in [1.165, 1.54) is 49.4 Å². The van der Waals surface area contributed by atoms with E-state index in [1.54, 1.807) is 0 Å². The minimum atomic E-state index is 1.28. The second kappa shape index (κ2) is 11.5. The third kappa shape index (κ3) is 10.5. The zero-order valence-corrected chi connectivity index (χ0v) is 10.3. The molecule has 0 N–H and O–H groups in total. The normalized spacial score (nSPS) is 11.2. The van der Waals surface area contributed by atoms with Gasteiger partial charge >= 0.3 is 0 Å². The van der Waals surface area contributed by atoms with Crippen LogP contribution in [0.15, 0.2) is 12.2 Å². The topological polar surface area (TPSA) is 0 Å². The Morgan fingerprint density at radius 2 is 1.50 bits per heavy atom. The highest BCUT2D eigenvalue weighted by molar-refractivity contribution is 14.1. The maximum atomic E-state index is 2.46. The van der Waals surface area contributed by atoms with Crippen LogP contribution in [-0.4, -0.2) is 4.43 Å². The van der Waals surface area contributed by atoms with Crippen LogP contribution in [0.5, 0.6) is 0 Å². The average molecular weight is 280 g/mol. The molecule has 0 aliphatic heterocycles. The molecule has 0 fully saturated rings. The van der Waals surface area contributed by atoms with Crippen LogP contribution >= 0.6 is 22.6 Å². The zero-order chi connectivity index (χ0) is 9.07. The van der Waals surface area contributed by atoms with E-state index in [0.717, 1.165) is 0 Å². The van der Waals surface area contributed by atoms with Crippen molar-refractivity contribution in [3.05, 3.63) is 12.2 Å². The van der Waals surface area contributed by atoms with Crippen molar-refractivity contribution < 1.29 is 0 Å². The Labute approximate surface area is 91.0 Å².